The van der Waals surface area contributed by atoms with Crippen LogP contribution in [0.15, 0.2) is 65.2 Å². The van der Waals surface area contributed by atoms with Crippen molar-refractivity contribution in [2.75, 3.05) is 6.54 Å². The van der Waals surface area contributed by atoms with E-state index in [1.54, 1.807) is 0 Å². The van der Waals surface area contributed by atoms with Gasteiger partial charge in [-0.15, -0.1) is 0 Å². The number of allylic oxidation sites excluding steroid dienone is 1. The van der Waals surface area contributed by atoms with Gasteiger partial charge in [0, 0.05) is 16.3 Å². The van der Waals surface area contributed by atoms with Gasteiger partial charge >= 0.3 is 0 Å². The summed E-state index contributed by atoms with van der Waals surface area (Å²) in [5, 5.41) is 13.9. The molecule has 2 nitrogen and oxygen atoms in total. The summed E-state index contributed by atoms with van der Waals surface area (Å²) in [5.74, 6) is 0. The molecular weight excluding hydrogens is 268 g/mol. The van der Waals surface area contributed by atoms with Crippen LogP contribution in [0.1, 0.15) is 18.1 Å². The predicted molar refractivity (Wildman–Crippen MR) is 91.3 cm³/mol. The molecule has 0 amide bonds. The van der Waals surface area contributed by atoms with E-state index in [4.69, 9.17) is 0 Å². The highest BCUT2D eigenvalue weighted by Gasteiger charge is 2.23. The Kier molecular flexibility index (Phi) is 2.80. The molecule has 2 heteroatoms. The molecule has 22 heavy (non-hydrogen) atoms. The van der Waals surface area contributed by atoms with Crippen molar-refractivity contribution >= 4 is 27.3 Å². The molecule has 0 bridgehead atoms. The maximum Gasteiger partial charge on any atom is 0.100 e. The van der Waals surface area contributed by atoms with Gasteiger partial charge in [0.25, 0.3) is 0 Å². The number of benzene rings is 3. The minimum atomic E-state index is 0.747. The quantitative estimate of drug-likeness (QED) is 0.600. The number of rotatable bonds is 1. The van der Waals surface area contributed by atoms with Crippen LogP contribution in [0.5, 0.6) is 0 Å². The average Bonchev–Trinajstić information content (AvgIpc) is 2.54. The highest BCUT2D eigenvalue weighted by Crippen LogP contribution is 2.35. The van der Waals surface area contributed by atoms with E-state index in [0.29, 0.717) is 0 Å². The van der Waals surface area contributed by atoms with Crippen LogP contribution in [-0.4, -0.2) is 12.3 Å². The van der Waals surface area contributed by atoms with Crippen molar-refractivity contribution in [3.05, 3.63) is 71.3 Å². The molecule has 3 aromatic rings. The molecule has 1 aliphatic rings. The second kappa shape index (κ2) is 4.82. The summed E-state index contributed by atoms with van der Waals surface area (Å²) < 4.78 is 0. The molecule has 0 aromatic heterocycles. The molecule has 0 N–H and O–H groups in total. The molecule has 0 unspecified atom stereocenters. The van der Waals surface area contributed by atoms with E-state index in [9.17, 15) is 5.26 Å². The van der Waals surface area contributed by atoms with Gasteiger partial charge in [0.05, 0.1) is 17.8 Å². The largest absolute Gasteiger partial charge is 0.280 e. The summed E-state index contributed by atoms with van der Waals surface area (Å²) in [7, 11) is 0. The van der Waals surface area contributed by atoms with Gasteiger partial charge < -0.3 is 0 Å². The summed E-state index contributed by atoms with van der Waals surface area (Å²) in [6.07, 6.45) is 2.13. The van der Waals surface area contributed by atoms with E-state index >= 15 is 0 Å². The van der Waals surface area contributed by atoms with Crippen LogP contribution in [0.2, 0.25) is 0 Å². The van der Waals surface area contributed by atoms with E-state index in [1.165, 1.54) is 5.57 Å². The lowest BCUT2D eigenvalue weighted by Crippen LogP contribution is -2.19. The third-order valence-corrected chi connectivity index (χ3v) is 4.34. The first-order valence-electron chi connectivity index (χ1n) is 7.39. The molecule has 0 fully saturated rings. The van der Waals surface area contributed by atoms with Gasteiger partial charge in [-0.2, -0.15) is 5.26 Å². The Morgan fingerprint density at radius 1 is 0.955 bits per heavy atom. The normalized spacial score (nSPS) is 15.6. The Bertz CT molecular complexity index is 960. The van der Waals surface area contributed by atoms with Gasteiger partial charge in [0.15, 0.2) is 0 Å². The van der Waals surface area contributed by atoms with Gasteiger partial charge in [-0.3, -0.25) is 4.99 Å². The molecule has 0 spiro atoms. The minimum absolute atomic E-state index is 0.747. The smallest absolute Gasteiger partial charge is 0.100 e. The topological polar surface area (TPSA) is 36.1 Å². The van der Waals surface area contributed by atoms with Crippen molar-refractivity contribution in [3.63, 3.8) is 0 Å². The Morgan fingerprint density at radius 3 is 1.91 bits per heavy atom. The third-order valence-electron chi connectivity index (χ3n) is 4.34. The van der Waals surface area contributed by atoms with Gasteiger partial charge in [-0.1, -0.05) is 54.6 Å². The molecule has 4 rings (SSSR count). The standard InChI is InChI=1S/C20H14N2/c1-2-13-12-22-20(13)19-16-9-5-3-7-14(16)18(11-21)15-8-4-6-10-17(15)19/h2-10H,12H2,1H3/b13-2-. The van der Waals surface area contributed by atoms with Crippen LogP contribution in [0.25, 0.3) is 21.5 Å². The number of fused-ring (bicyclic) bond motifs is 2. The summed E-state index contributed by atoms with van der Waals surface area (Å²) in [4.78, 5) is 4.61. The maximum absolute atomic E-state index is 9.64. The maximum atomic E-state index is 9.64. The van der Waals surface area contributed by atoms with Crippen LogP contribution in [0.4, 0.5) is 0 Å². The number of hydrogen-bond acceptors (Lipinski definition) is 2. The number of nitrogens with zero attached hydrogens (tertiary/aromatic N) is 2. The highest BCUT2D eigenvalue weighted by molar-refractivity contribution is 6.29. The van der Waals surface area contributed by atoms with E-state index in [-0.39, 0.29) is 0 Å². The first kappa shape index (κ1) is 12.8. The Morgan fingerprint density at radius 2 is 1.50 bits per heavy atom. The van der Waals surface area contributed by atoms with Gasteiger partial charge in [-0.25, -0.2) is 0 Å². The highest BCUT2D eigenvalue weighted by atomic mass is 14.8. The van der Waals surface area contributed by atoms with Crippen molar-refractivity contribution in [1.82, 2.24) is 0 Å². The molecule has 0 radical (unpaired) electrons. The summed E-state index contributed by atoms with van der Waals surface area (Å²) in [6.45, 7) is 2.84. The summed E-state index contributed by atoms with van der Waals surface area (Å²) >= 11 is 0. The van der Waals surface area contributed by atoms with Gasteiger partial charge in [0.2, 0.25) is 0 Å². The van der Waals surface area contributed by atoms with Crippen molar-refractivity contribution in [3.8, 4) is 6.07 Å². The molecule has 1 aliphatic heterocycles. The molecule has 0 atom stereocenters. The lowest BCUT2D eigenvalue weighted by atomic mass is 9.86. The van der Waals surface area contributed by atoms with Crippen LogP contribution in [0, 0.1) is 11.3 Å². The zero-order valence-corrected chi connectivity index (χ0v) is 12.3. The second-order valence-electron chi connectivity index (χ2n) is 5.43. The van der Waals surface area contributed by atoms with Crippen molar-refractivity contribution in [1.29, 1.82) is 5.26 Å². The molecule has 3 aromatic carbocycles. The fourth-order valence-corrected chi connectivity index (χ4v) is 3.22. The summed E-state index contributed by atoms with van der Waals surface area (Å²) in [6, 6.07) is 18.6. The van der Waals surface area contributed by atoms with Crippen LogP contribution < -0.4 is 0 Å². The van der Waals surface area contributed by atoms with Crippen molar-refractivity contribution < 1.29 is 0 Å². The zero-order valence-electron chi connectivity index (χ0n) is 12.3. The first-order chi connectivity index (χ1) is 10.8. The predicted octanol–water partition coefficient (Wildman–Crippen LogP) is 4.61. The SMILES string of the molecule is C/C=C1/CN=C1c1c2ccccc2c(C#N)c2ccccc12. The van der Waals surface area contributed by atoms with Gasteiger partial charge in [0.1, 0.15) is 6.07 Å². The number of aliphatic imine (C=N–C) groups is 1. The number of nitriles is 1. The fraction of sp³-hybridized carbons (Fsp3) is 0.100. The molecule has 1 heterocycles. The van der Waals surface area contributed by atoms with E-state index in [0.717, 1.165) is 44.9 Å². The molecule has 0 saturated heterocycles. The molecular formula is C20H14N2. The van der Waals surface area contributed by atoms with E-state index in [2.05, 4.69) is 36.2 Å². The number of hydrogen-bond donors (Lipinski definition) is 0. The van der Waals surface area contributed by atoms with Crippen molar-refractivity contribution in [2.24, 2.45) is 4.99 Å². The zero-order chi connectivity index (χ0) is 15.1. The minimum Gasteiger partial charge on any atom is -0.280 e. The van der Waals surface area contributed by atoms with Crippen LogP contribution >= 0.6 is 0 Å². The molecule has 0 aliphatic carbocycles. The van der Waals surface area contributed by atoms with E-state index in [1.807, 2.05) is 36.4 Å². The van der Waals surface area contributed by atoms with Gasteiger partial charge in [-0.05, 0) is 23.3 Å². The third kappa shape index (κ3) is 1.63. The summed E-state index contributed by atoms with van der Waals surface area (Å²) in [5.41, 5.74) is 4.25. The average molecular weight is 282 g/mol. The fourth-order valence-electron chi connectivity index (χ4n) is 3.22. The Labute approximate surface area is 129 Å². The van der Waals surface area contributed by atoms with E-state index < -0.39 is 0 Å². The lowest BCUT2D eigenvalue weighted by Gasteiger charge is -2.22. The Hall–Kier alpha value is -2.92. The lowest BCUT2D eigenvalue weighted by molar-refractivity contribution is 1.11. The Balaban J connectivity index is 2.26. The monoisotopic (exact) mass is 282 g/mol. The van der Waals surface area contributed by atoms with Crippen molar-refractivity contribution in [2.45, 2.75) is 6.92 Å². The van der Waals surface area contributed by atoms with Crippen LogP contribution in [0.3, 0.4) is 0 Å². The van der Waals surface area contributed by atoms with Crippen LogP contribution in [-0.2, 0) is 0 Å². The molecule has 0 saturated carbocycles. The first-order valence-corrected chi connectivity index (χ1v) is 7.39. The molecule has 104 valence electrons. The second-order valence-corrected chi connectivity index (χ2v) is 5.43.